The highest BCUT2D eigenvalue weighted by Gasteiger charge is 2.23. The molecule has 2 rings (SSSR count). The lowest BCUT2D eigenvalue weighted by molar-refractivity contribution is -0.135. The van der Waals surface area contributed by atoms with Crippen LogP contribution in [0.5, 0.6) is 11.5 Å². The van der Waals surface area contributed by atoms with E-state index in [9.17, 15) is 9.90 Å². The molecule has 25 heavy (non-hydrogen) atoms. The Morgan fingerprint density at radius 1 is 1.32 bits per heavy atom. The minimum atomic E-state index is -0.266. The summed E-state index contributed by atoms with van der Waals surface area (Å²) in [5.41, 5.74) is 2.96. The summed E-state index contributed by atoms with van der Waals surface area (Å²) >= 11 is 0. The molecular formula is C21H31NO3. The number of benzene rings is 1. The monoisotopic (exact) mass is 345 g/mol. The third-order valence-electron chi connectivity index (χ3n) is 4.77. The van der Waals surface area contributed by atoms with E-state index in [0.717, 1.165) is 49.9 Å². The Bertz CT molecular complexity index is 636. The molecule has 1 N–H and O–H groups in total. The number of esters is 1. The normalized spacial score (nSPS) is 17.5. The van der Waals surface area contributed by atoms with E-state index in [1.54, 1.807) is 6.07 Å². The van der Waals surface area contributed by atoms with E-state index in [1.165, 1.54) is 5.57 Å². The molecule has 1 aliphatic carbocycles. The lowest BCUT2D eigenvalue weighted by atomic mass is 9.85. The van der Waals surface area contributed by atoms with Gasteiger partial charge >= 0.3 is 5.97 Å². The standard InChI is InChI=1S/C21H31NO3/c1-5-10-22(6-2)14-20(24)25-19-13-16(4)12-18(23)21(19)17-9-7-8-15(3)11-17/h11-13,17,23H,5-10,14H2,1-4H3. The summed E-state index contributed by atoms with van der Waals surface area (Å²) in [5.74, 6) is 0.568. The highest BCUT2D eigenvalue weighted by Crippen LogP contribution is 2.41. The number of aromatic hydroxyl groups is 1. The Morgan fingerprint density at radius 3 is 2.72 bits per heavy atom. The number of carbonyl (C=O) groups is 1. The number of hydrogen-bond donors (Lipinski definition) is 1. The van der Waals surface area contributed by atoms with Crippen molar-refractivity contribution in [2.45, 2.75) is 59.3 Å². The Balaban J connectivity index is 2.24. The molecule has 1 aromatic rings. The number of nitrogens with zero attached hydrogens (tertiary/aromatic N) is 1. The van der Waals surface area contributed by atoms with Crippen LogP contribution in [0.25, 0.3) is 0 Å². The number of rotatable bonds is 7. The van der Waals surface area contributed by atoms with Crippen molar-refractivity contribution >= 4 is 5.97 Å². The highest BCUT2D eigenvalue weighted by atomic mass is 16.5. The fourth-order valence-electron chi connectivity index (χ4n) is 3.54. The molecule has 1 atom stereocenters. The molecule has 0 heterocycles. The fraction of sp³-hybridized carbons (Fsp3) is 0.571. The zero-order valence-electron chi connectivity index (χ0n) is 16.0. The number of aryl methyl sites for hydroxylation is 1. The van der Waals surface area contributed by atoms with Crippen LogP contribution in [0.1, 0.15) is 63.5 Å². The van der Waals surface area contributed by atoms with Gasteiger partial charge in [-0.25, -0.2) is 0 Å². The highest BCUT2D eigenvalue weighted by molar-refractivity contribution is 5.75. The van der Waals surface area contributed by atoms with Crippen LogP contribution in [0.15, 0.2) is 23.8 Å². The number of ether oxygens (including phenoxy) is 1. The molecule has 0 bridgehead atoms. The van der Waals surface area contributed by atoms with Gasteiger partial charge in [0.05, 0.1) is 6.54 Å². The lowest BCUT2D eigenvalue weighted by Crippen LogP contribution is -2.33. The van der Waals surface area contributed by atoms with Crippen LogP contribution in [-0.2, 0) is 4.79 Å². The van der Waals surface area contributed by atoms with E-state index in [4.69, 9.17) is 4.74 Å². The molecule has 0 saturated carbocycles. The van der Waals surface area contributed by atoms with Gasteiger partial charge in [-0.3, -0.25) is 9.69 Å². The summed E-state index contributed by atoms with van der Waals surface area (Å²) in [7, 11) is 0. The molecule has 4 heteroatoms. The molecule has 138 valence electrons. The smallest absolute Gasteiger partial charge is 0.325 e. The summed E-state index contributed by atoms with van der Waals surface area (Å²) in [6, 6.07) is 3.61. The van der Waals surface area contributed by atoms with E-state index in [1.807, 2.05) is 19.9 Å². The average Bonchev–Trinajstić information content (AvgIpc) is 2.53. The first-order valence-electron chi connectivity index (χ1n) is 9.38. The molecule has 0 aromatic heterocycles. The predicted molar refractivity (Wildman–Crippen MR) is 101 cm³/mol. The van der Waals surface area contributed by atoms with Gasteiger partial charge in [-0.2, -0.15) is 0 Å². The Kier molecular flexibility index (Phi) is 7.06. The van der Waals surface area contributed by atoms with E-state index in [-0.39, 0.29) is 24.2 Å². The topological polar surface area (TPSA) is 49.8 Å². The van der Waals surface area contributed by atoms with Crippen LogP contribution in [0.2, 0.25) is 0 Å². The first-order chi connectivity index (χ1) is 11.9. The number of likely N-dealkylation sites (N-methyl/N-ethyl adjacent to an activating group) is 1. The zero-order chi connectivity index (χ0) is 18.4. The Morgan fingerprint density at radius 2 is 2.08 bits per heavy atom. The van der Waals surface area contributed by atoms with Gasteiger partial charge in [0.15, 0.2) is 0 Å². The van der Waals surface area contributed by atoms with Gasteiger partial charge in [-0.1, -0.05) is 25.5 Å². The largest absolute Gasteiger partial charge is 0.507 e. The van der Waals surface area contributed by atoms with E-state index in [0.29, 0.717) is 5.75 Å². The molecule has 0 fully saturated rings. The lowest BCUT2D eigenvalue weighted by Gasteiger charge is -2.24. The third-order valence-corrected chi connectivity index (χ3v) is 4.77. The molecule has 1 aromatic carbocycles. The van der Waals surface area contributed by atoms with E-state index >= 15 is 0 Å². The maximum Gasteiger partial charge on any atom is 0.325 e. The number of hydrogen-bond acceptors (Lipinski definition) is 4. The second kappa shape index (κ2) is 9.04. The first kappa shape index (κ1) is 19.5. The minimum absolute atomic E-state index is 0.107. The van der Waals surface area contributed by atoms with E-state index in [2.05, 4.69) is 24.8 Å². The van der Waals surface area contributed by atoms with Crippen LogP contribution in [0, 0.1) is 6.92 Å². The van der Waals surface area contributed by atoms with Gasteiger partial charge in [0, 0.05) is 11.5 Å². The van der Waals surface area contributed by atoms with Gasteiger partial charge in [-0.15, -0.1) is 0 Å². The molecular weight excluding hydrogens is 314 g/mol. The number of phenols is 1. The molecule has 1 unspecified atom stereocenters. The number of carbonyl (C=O) groups excluding carboxylic acids is 1. The van der Waals surface area contributed by atoms with Crippen molar-refractivity contribution in [2.24, 2.45) is 0 Å². The molecule has 0 aliphatic heterocycles. The fourth-order valence-corrected chi connectivity index (χ4v) is 3.54. The third kappa shape index (κ3) is 5.33. The SMILES string of the molecule is CCCN(CC)CC(=O)Oc1cc(C)cc(O)c1C1C=C(C)CCC1. The van der Waals surface area contributed by atoms with Crippen molar-refractivity contribution < 1.29 is 14.6 Å². The minimum Gasteiger partial charge on any atom is -0.507 e. The van der Waals surface area contributed by atoms with Crippen molar-refractivity contribution in [1.29, 1.82) is 0 Å². The Labute approximate surface area is 151 Å². The first-order valence-corrected chi connectivity index (χ1v) is 9.38. The van der Waals surface area contributed by atoms with Crippen molar-refractivity contribution in [3.8, 4) is 11.5 Å². The van der Waals surface area contributed by atoms with Crippen LogP contribution in [-0.4, -0.2) is 35.6 Å². The maximum atomic E-state index is 12.4. The molecule has 0 saturated heterocycles. The van der Waals surface area contributed by atoms with Crippen molar-refractivity contribution in [3.63, 3.8) is 0 Å². The van der Waals surface area contributed by atoms with Crippen LogP contribution < -0.4 is 4.74 Å². The summed E-state index contributed by atoms with van der Waals surface area (Å²) < 4.78 is 5.70. The van der Waals surface area contributed by atoms with Gasteiger partial charge < -0.3 is 9.84 Å². The van der Waals surface area contributed by atoms with Gasteiger partial charge in [0.1, 0.15) is 11.5 Å². The Hall–Kier alpha value is -1.81. The van der Waals surface area contributed by atoms with Gasteiger partial charge in [-0.05, 0) is 70.3 Å². The predicted octanol–water partition coefficient (Wildman–Crippen LogP) is 4.55. The second-order valence-corrected chi connectivity index (χ2v) is 7.05. The van der Waals surface area contributed by atoms with Crippen LogP contribution in [0.3, 0.4) is 0 Å². The van der Waals surface area contributed by atoms with Crippen LogP contribution in [0.4, 0.5) is 0 Å². The molecule has 0 spiro atoms. The number of phenolic OH excluding ortho intramolecular Hbond substituents is 1. The summed E-state index contributed by atoms with van der Waals surface area (Å²) in [6.45, 7) is 10.1. The second-order valence-electron chi connectivity index (χ2n) is 7.05. The molecule has 1 aliphatic rings. The molecule has 0 amide bonds. The van der Waals surface area contributed by atoms with Crippen molar-refractivity contribution in [1.82, 2.24) is 4.90 Å². The summed E-state index contributed by atoms with van der Waals surface area (Å²) in [5, 5.41) is 10.5. The van der Waals surface area contributed by atoms with Crippen LogP contribution >= 0.6 is 0 Å². The van der Waals surface area contributed by atoms with Crippen molar-refractivity contribution in [3.05, 3.63) is 34.9 Å². The summed E-state index contributed by atoms with van der Waals surface area (Å²) in [4.78, 5) is 14.5. The zero-order valence-corrected chi connectivity index (χ0v) is 16.0. The van der Waals surface area contributed by atoms with E-state index < -0.39 is 0 Å². The van der Waals surface area contributed by atoms with Crippen molar-refractivity contribution in [2.75, 3.05) is 19.6 Å². The molecule has 4 nitrogen and oxygen atoms in total. The average molecular weight is 345 g/mol. The maximum absolute atomic E-state index is 12.4. The molecule has 0 radical (unpaired) electrons. The summed E-state index contributed by atoms with van der Waals surface area (Å²) in [6.07, 6.45) is 6.36. The van der Waals surface area contributed by atoms with Gasteiger partial charge in [0.2, 0.25) is 0 Å². The van der Waals surface area contributed by atoms with Gasteiger partial charge in [0.25, 0.3) is 0 Å². The number of allylic oxidation sites excluding steroid dienone is 2. The quantitative estimate of drug-likeness (QED) is 0.447.